The first-order valence-electron chi connectivity index (χ1n) is 3.74. The minimum Gasteiger partial charge on any atom is -0.380 e. The third kappa shape index (κ3) is 2.54. The summed E-state index contributed by atoms with van der Waals surface area (Å²) in [4.78, 5) is 2.28. The fourth-order valence-corrected chi connectivity index (χ4v) is 1.88. The summed E-state index contributed by atoms with van der Waals surface area (Å²) in [6, 6.07) is 0.539. The summed E-state index contributed by atoms with van der Waals surface area (Å²) in [7, 11) is 3.88. The maximum atomic E-state index is 5.26. The van der Waals surface area contributed by atoms with Crippen molar-refractivity contribution in [3.8, 4) is 0 Å². The van der Waals surface area contributed by atoms with Crippen LogP contribution >= 0.6 is 23.0 Å². The van der Waals surface area contributed by atoms with Crippen LogP contribution in [0, 0.1) is 0 Å². The summed E-state index contributed by atoms with van der Waals surface area (Å²) in [6.07, 6.45) is 1.49. The first-order valence-corrected chi connectivity index (χ1v) is 4.62. The maximum absolute atomic E-state index is 5.26. The molecule has 0 aromatic heterocycles. The van der Waals surface area contributed by atoms with Crippen LogP contribution in [0.25, 0.3) is 0 Å². The van der Waals surface area contributed by atoms with Gasteiger partial charge in [-0.3, -0.25) is 4.90 Å². The van der Waals surface area contributed by atoms with E-state index < -0.39 is 0 Å². The zero-order valence-corrected chi connectivity index (χ0v) is 9.08. The van der Waals surface area contributed by atoms with Crippen LogP contribution in [0.15, 0.2) is 0 Å². The van der Waals surface area contributed by atoms with Gasteiger partial charge in [-0.05, 0) is 13.5 Å². The van der Waals surface area contributed by atoms with Crippen molar-refractivity contribution in [2.45, 2.75) is 18.6 Å². The molecule has 1 fully saturated rings. The van der Waals surface area contributed by atoms with Crippen molar-refractivity contribution in [2.75, 3.05) is 27.3 Å². The second-order valence-corrected chi connectivity index (χ2v) is 3.59. The molecule has 1 rings (SSSR count). The highest BCUT2D eigenvalue weighted by Gasteiger charge is 2.29. The molecule has 11 heavy (non-hydrogen) atoms. The number of hydrogen-bond donors (Lipinski definition) is 0. The van der Waals surface area contributed by atoms with Crippen LogP contribution in [0.1, 0.15) is 6.42 Å². The molecule has 0 aliphatic carbocycles. The fourth-order valence-electron chi connectivity index (χ4n) is 1.47. The third-order valence-electron chi connectivity index (χ3n) is 2.24. The van der Waals surface area contributed by atoms with Gasteiger partial charge >= 0.3 is 0 Å². The van der Waals surface area contributed by atoms with Crippen molar-refractivity contribution in [1.82, 2.24) is 4.90 Å². The summed E-state index contributed by atoms with van der Waals surface area (Å²) < 4.78 is 10.3. The molecule has 2 atom stereocenters. The highest BCUT2D eigenvalue weighted by atomic mass is 127. The lowest BCUT2D eigenvalue weighted by Crippen LogP contribution is -2.28. The number of methoxy groups -OCH3 is 1. The van der Waals surface area contributed by atoms with Crippen LogP contribution in [0.4, 0.5) is 0 Å². The number of likely N-dealkylation sites (tertiary alicyclic amines) is 1. The zero-order chi connectivity index (χ0) is 8.27. The molecule has 0 unspecified atom stereocenters. The molecule has 3 nitrogen and oxygen atoms in total. The molecule has 1 saturated heterocycles. The topological polar surface area (TPSA) is 21.7 Å². The molecule has 0 aromatic carbocycles. The number of hydrogen-bond acceptors (Lipinski definition) is 3. The van der Waals surface area contributed by atoms with Crippen molar-refractivity contribution in [3.05, 3.63) is 0 Å². The Morgan fingerprint density at radius 3 is 2.82 bits per heavy atom. The van der Waals surface area contributed by atoms with Gasteiger partial charge in [-0.25, -0.2) is 0 Å². The Balaban J connectivity index is 2.32. The Bertz CT molecular complexity index is 123. The van der Waals surface area contributed by atoms with Gasteiger partial charge in [0.25, 0.3) is 0 Å². The van der Waals surface area contributed by atoms with Crippen molar-refractivity contribution >= 4 is 23.0 Å². The first-order chi connectivity index (χ1) is 5.27. The van der Waals surface area contributed by atoms with Crippen LogP contribution in [-0.2, 0) is 7.80 Å². The molecule has 1 aliphatic heterocycles. The van der Waals surface area contributed by atoms with Gasteiger partial charge < -0.3 is 7.80 Å². The van der Waals surface area contributed by atoms with E-state index in [0.29, 0.717) is 12.1 Å². The quantitative estimate of drug-likeness (QED) is 0.717. The highest BCUT2D eigenvalue weighted by molar-refractivity contribution is 14.1. The maximum Gasteiger partial charge on any atom is 0.109 e. The number of ether oxygens (including phenoxy) is 1. The van der Waals surface area contributed by atoms with Crippen LogP contribution < -0.4 is 0 Å². The first kappa shape index (κ1) is 9.70. The standard InChI is InChI=1S/C7H14INO2/c1-9-4-7(10-2)3-6(9)5-11-8/h6-7H,3-5H2,1-2H3/t6-,7-/m0/s1. The molecule has 4 heteroatoms. The molecule has 1 heterocycles. The Labute approximate surface area is 81.7 Å². The summed E-state index contributed by atoms with van der Waals surface area (Å²) in [5.74, 6) is 0. The van der Waals surface area contributed by atoms with Gasteiger partial charge in [0.2, 0.25) is 0 Å². The normalized spacial score (nSPS) is 33.0. The minimum atomic E-state index is 0.400. The molecule has 1 aliphatic rings. The molecule has 0 saturated carbocycles. The summed E-state index contributed by atoms with van der Waals surface area (Å²) in [5, 5.41) is 0. The van der Waals surface area contributed by atoms with E-state index in [1.54, 1.807) is 7.11 Å². The van der Waals surface area contributed by atoms with Gasteiger partial charge in [0, 0.05) is 19.7 Å². The summed E-state index contributed by atoms with van der Waals surface area (Å²) in [6.45, 7) is 1.83. The van der Waals surface area contributed by atoms with Crippen molar-refractivity contribution < 1.29 is 7.80 Å². The van der Waals surface area contributed by atoms with Gasteiger partial charge in [-0.15, -0.1) is 0 Å². The highest BCUT2D eigenvalue weighted by Crippen LogP contribution is 2.18. The van der Waals surface area contributed by atoms with E-state index in [2.05, 4.69) is 11.9 Å². The number of halogens is 1. The molecular formula is C7H14INO2. The Kier molecular flexibility index (Phi) is 4.05. The van der Waals surface area contributed by atoms with Gasteiger partial charge in [0.05, 0.1) is 12.7 Å². The lowest BCUT2D eigenvalue weighted by Gasteiger charge is -2.16. The molecule has 0 spiro atoms. The average Bonchev–Trinajstić information content (AvgIpc) is 2.33. The zero-order valence-electron chi connectivity index (χ0n) is 6.92. The molecule has 0 bridgehead atoms. The second-order valence-electron chi connectivity index (χ2n) is 2.96. The lowest BCUT2D eigenvalue weighted by atomic mass is 10.2. The minimum absolute atomic E-state index is 0.400. The predicted octanol–water partition coefficient (Wildman–Crippen LogP) is 1.07. The van der Waals surface area contributed by atoms with Crippen molar-refractivity contribution in [1.29, 1.82) is 0 Å². The van der Waals surface area contributed by atoms with Crippen LogP contribution in [0.3, 0.4) is 0 Å². The summed E-state index contributed by atoms with van der Waals surface area (Å²) >= 11 is 1.94. The smallest absolute Gasteiger partial charge is 0.109 e. The third-order valence-corrected chi connectivity index (χ3v) is 2.60. The van der Waals surface area contributed by atoms with Crippen molar-refractivity contribution in [2.24, 2.45) is 0 Å². The molecule has 0 N–H and O–H groups in total. The number of likely N-dealkylation sites (N-methyl/N-ethyl adjacent to an activating group) is 1. The Morgan fingerprint density at radius 1 is 1.64 bits per heavy atom. The van der Waals surface area contributed by atoms with Crippen LogP contribution in [0.5, 0.6) is 0 Å². The SMILES string of the molecule is CO[C@H]1C[C@@H](COI)N(C)C1. The lowest BCUT2D eigenvalue weighted by molar-refractivity contribution is 0.111. The monoisotopic (exact) mass is 271 g/mol. The number of rotatable bonds is 3. The van der Waals surface area contributed by atoms with Crippen LogP contribution in [0.2, 0.25) is 0 Å². The van der Waals surface area contributed by atoms with Gasteiger partial charge in [0.1, 0.15) is 23.0 Å². The number of nitrogens with zero attached hydrogens (tertiary/aromatic N) is 1. The Hall–Kier alpha value is 0.610. The molecule has 0 aromatic rings. The molecular weight excluding hydrogens is 257 g/mol. The van der Waals surface area contributed by atoms with Gasteiger partial charge in [-0.2, -0.15) is 0 Å². The Morgan fingerprint density at radius 2 is 2.36 bits per heavy atom. The van der Waals surface area contributed by atoms with E-state index in [-0.39, 0.29) is 0 Å². The second kappa shape index (κ2) is 4.59. The van der Waals surface area contributed by atoms with E-state index >= 15 is 0 Å². The van der Waals surface area contributed by atoms with Gasteiger partial charge in [0.15, 0.2) is 0 Å². The van der Waals surface area contributed by atoms with E-state index in [1.165, 1.54) is 0 Å². The van der Waals surface area contributed by atoms with Crippen molar-refractivity contribution in [3.63, 3.8) is 0 Å². The summed E-state index contributed by atoms with van der Waals surface area (Å²) in [5.41, 5.74) is 0. The largest absolute Gasteiger partial charge is 0.380 e. The van der Waals surface area contributed by atoms with E-state index in [4.69, 9.17) is 7.80 Å². The van der Waals surface area contributed by atoms with E-state index in [1.807, 2.05) is 23.0 Å². The molecule has 0 radical (unpaired) electrons. The average molecular weight is 271 g/mol. The molecule has 66 valence electrons. The van der Waals surface area contributed by atoms with Crippen LogP contribution in [-0.4, -0.2) is 44.4 Å². The van der Waals surface area contributed by atoms with E-state index in [9.17, 15) is 0 Å². The van der Waals surface area contributed by atoms with E-state index in [0.717, 1.165) is 19.6 Å². The predicted molar refractivity (Wildman–Crippen MR) is 51.8 cm³/mol. The van der Waals surface area contributed by atoms with Gasteiger partial charge in [-0.1, -0.05) is 0 Å². The molecule has 0 amide bonds. The fraction of sp³-hybridized carbons (Fsp3) is 1.00.